The summed E-state index contributed by atoms with van der Waals surface area (Å²) < 4.78 is 40.3. The predicted octanol–water partition coefficient (Wildman–Crippen LogP) is 3.23. The normalized spacial score (nSPS) is 19.2. The Bertz CT molecular complexity index is 714. The van der Waals surface area contributed by atoms with Gasteiger partial charge in [0.2, 0.25) is 0 Å². The van der Waals surface area contributed by atoms with Crippen LogP contribution >= 0.6 is 0 Å². The van der Waals surface area contributed by atoms with Gasteiger partial charge in [0, 0.05) is 17.6 Å². The minimum atomic E-state index is -1.44. The minimum absolute atomic E-state index is 0.0189. The van der Waals surface area contributed by atoms with Crippen molar-refractivity contribution in [2.24, 2.45) is 0 Å². The van der Waals surface area contributed by atoms with Gasteiger partial charge in [0.1, 0.15) is 0 Å². The molecule has 2 nitrogen and oxygen atoms in total. The maximum Gasteiger partial charge on any atom is 0.196 e. The second kappa shape index (κ2) is 5.45. The summed E-state index contributed by atoms with van der Waals surface area (Å²) in [6, 6.07) is 1.32. The molecule has 1 aliphatic heterocycles. The Hall–Kier alpha value is -1.93. The molecule has 1 N–H and O–H groups in total. The molecule has 0 saturated carbocycles. The van der Waals surface area contributed by atoms with E-state index in [-0.39, 0.29) is 11.6 Å². The molecule has 0 spiro atoms. The number of likely N-dealkylation sites (tertiary alicyclic amines) is 1. The van der Waals surface area contributed by atoms with Gasteiger partial charge in [-0.1, -0.05) is 5.92 Å². The van der Waals surface area contributed by atoms with Crippen molar-refractivity contribution in [2.75, 3.05) is 13.1 Å². The number of fused-ring (bicyclic) bond motifs is 1. The van der Waals surface area contributed by atoms with Gasteiger partial charge in [-0.05, 0) is 37.4 Å². The van der Waals surface area contributed by atoms with Gasteiger partial charge in [0.05, 0.1) is 12.1 Å². The van der Waals surface area contributed by atoms with Gasteiger partial charge in [-0.2, -0.15) is 0 Å². The summed E-state index contributed by atoms with van der Waals surface area (Å²) >= 11 is 0. The maximum absolute atomic E-state index is 13.7. The Kier molecular flexibility index (Phi) is 3.64. The molecule has 0 radical (unpaired) electrons. The van der Waals surface area contributed by atoms with E-state index in [4.69, 9.17) is 6.42 Å². The van der Waals surface area contributed by atoms with Crippen LogP contribution in [-0.4, -0.2) is 29.0 Å². The van der Waals surface area contributed by atoms with Gasteiger partial charge >= 0.3 is 0 Å². The van der Waals surface area contributed by atoms with E-state index in [2.05, 4.69) is 15.8 Å². The van der Waals surface area contributed by atoms with Gasteiger partial charge in [-0.3, -0.25) is 4.90 Å². The lowest BCUT2D eigenvalue weighted by Gasteiger charge is -2.21. The number of rotatable bonds is 3. The van der Waals surface area contributed by atoms with Crippen molar-refractivity contribution in [3.8, 4) is 12.3 Å². The standard InChI is InChI=1S/C16H15F3N2/c1-2-5-21-6-3-4-11(21)7-10-9-20-16-12(10)8-13(17)14(18)15(16)19/h1,8-9,11,20H,3-7H2/t11-/m1/s1. The summed E-state index contributed by atoms with van der Waals surface area (Å²) in [5, 5.41) is 0.402. The Morgan fingerprint density at radius 2 is 2.14 bits per heavy atom. The quantitative estimate of drug-likeness (QED) is 0.680. The van der Waals surface area contributed by atoms with Crippen LogP contribution in [0.1, 0.15) is 18.4 Å². The Labute approximate surface area is 120 Å². The molecule has 2 heterocycles. The van der Waals surface area contributed by atoms with Crippen molar-refractivity contribution < 1.29 is 13.2 Å². The van der Waals surface area contributed by atoms with Crippen molar-refractivity contribution in [1.29, 1.82) is 0 Å². The van der Waals surface area contributed by atoms with E-state index >= 15 is 0 Å². The first-order valence-electron chi connectivity index (χ1n) is 6.92. The molecule has 1 atom stereocenters. The number of hydrogen-bond donors (Lipinski definition) is 1. The topological polar surface area (TPSA) is 19.0 Å². The first kappa shape index (κ1) is 14.0. The number of terminal acetylenes is 1. The largest absolute Gasteiger partial charge is 0.358 e. The van der Waals surface area contributed by atoms with Crippen LogP contribution < -0.4 is 0 Å². The zero-order valence-electron chi connectivity index (χ0n) is 11.4. The van der Waals surface area contributed by atoms with Crippen LogP contribution in [0.25, 0.3) is 10.9 Å². The number of nitrogens with zero attached hydrogens (tertiary/aromatic N) is 1. The highest BCUT2D eigenvalue weighted by atomic mass is 19.2. The summed E-state index contributed by atoms with van der Waals surface area (Å²) in [7, 11) is 0. The lowest BCUT2D eigenvalue weighted by Crippen LogP contribution is -2.31. The summed E-state index contributed by atoms with van der Waals surface area (Å²) in [4.78, 5) is 4.89. The number of H-pyrrole nitrogens is 1. The smallest absolute Gasteiger partial charge is 0.196 e. The molecular weight excluding hydrogens is 277 g/mol. The lowest BCUT2D eigenvalue weighted by molar-refractivity contribution is 0.284. The Morgan fingerprint density at radius 1 is 1.33 bits per heavy atom. The molecule has 1 aromatic heterocycles. The zero-order valence-corrected chi connectivity index (χ0v) is 11.4. The number of aromatic amines is 1. The number of nitrogens with one attached hydrogen (secondary N) is 1. The molecule has 3 rings (SSSR count). The van der Waals surface area contributed by atoms with Crippen molar-refractivity contribution >= 4 is 10.9 Å². The van der Waals surface area contributed by atoms with Crippen LogP contribution in [0, 0.1) is 29.8 Å². The van der Waals surface area contributed by atoms with Crippen molar-refractivity contribution in [2.45, 2.75) is 25.3 Å². The predicted molar refractivity (Wildman–Crippen MR) is 75.3 cm³/mol. The Balaban J connectivity index is 1.93. The molecule has 21 heavy (non-hydrogen) atoms. The summed E-state index contributed by atoms with van der Waals surface area (Å²) in [6.45, 7) is 1.51. The summed E-state index contributed by atoms with van der Waals surface area (Å²) in [6.07, 6.45) is 9.68. The first-order chi connectivity index (χ1) is 10.1. The minimum Gasteiger partial charge on any atom is -0.358 e. The van der Waals surface area contributed by atoms with Crippen LogP contribution in [0.3, 0.4) is 0 Å². The third kappa shape index (κ3) is 2.40. The van der Waals surface area contributed by atoms with E-state index in [0.717, 1.165) is 31.0 Å². The number of benzene rings is 1. The second-order valence-corrected chi connectivity index (χ2v) is 5.40. The highest BCUT2D eigenvalue weighted by Gasteiger charge is 2.25. The molecule has 1 aliphatic rings. The second-order valence-electron chi connectivity index (χ2n) is 5.40. The fraction of sp³-hybridized carbons (Fsp3) is 0.375. The molecule has 0 unspecified atom stereocenters. The highest BCUT2D eigenvalue weighted by molar-refractivity contribution is 5.84. The summed E-state index contributed by atoms with van der Waals surface area (Å²) in [5.41, 5.74) is 0.808. The fourth-order valence-electron chi connectivity index (χ4n) is 3.10. The fourth-order valence-corrected chi connectivity index (χ4v) is 3.10. The lowest BCUT2D eigenvalue weighted by atomic mass is 10.0. The van der Waals surface area contributed by atoms with Crippen LogP contribution in [0.15, 0.2) is 12.3 Å². The van der Waals surface area contributed by atoms with E-state index < -0.39 is 17.5 Å². The van der Waals surface area contributed by atoms with Gasteiger partial charge in [-0.25, -0.2) is 13.2 Å². The molecule has 5 heteroatoms. The summed E-state index contributed by atoms with van der Waals surface area (Å²) in [5.74, 6) is -1.13. The average Bonchev–Trinajstić information content (AvgIpc) is 3.06. The van der Waals surface area contributed by atoms with Crippen LogP contribution in [0.5, 0.6) is 0 Å². The first-order valence-corrected chi connectivity index (χ1v) is 6.92. The third-order valence-electron chi connectivity index (χ3n) is 4.15. The van der Waals surface area contributed by atoms with Crippen molar-refractivity contribution in [3.63, 3.8) is 0 Å². The van der Waals surface area contributed by atoms with E-state index in [9.17, 15) is 13.2 Å². The average molecular weight is 292 g/mol. The monoisotopic (exact) mass is 292 g/mol. The molecular formula is C16H15F3N2. The zero-order chi connectivity index (χ0) is 15.0. The molecule has 0 aliphatic carbocycles. The van der Waals surface area contributed by atoms with Gasteiger partial charge in [0.25, 0.3) is 0 Å². The number of hydrogen-bond acceptors (Lipinski definition) is 1. The molecule has 1 aromatic carbocycles. The van der Waals surface area contributed by atoms with E-state index in [1.807, 2.05) is 0 Å². The number of aromatic nitrogens is 1. The van der Waals surface area contributed by atoms with Gasteiger partial charge in [-0.15, -0.1) is 6.42 Å². The van der Waals surface area contributed by atoms with E-state index in [0.29, 0.717) is 18.4 Å². The highest BCUT2D eigenvalue weighted by Crippen LogP contribution is 2.28. The van der Waals surface area contributed by atoms with Crippen LogP contribution in [-0.2, 0) is 6.42 Å². The van der Waals surface area contributed by atoms with E-state index in [1.165, 1.54) is 0 Å². The van der Waals surface area contributed by atoms with E-state index in [1.54, 1.807) is 6.20 Å². The van der Waals surface area contributed by atoms with Gasteiger partial charge < -0.3 is 4.98 Å². The maximum atomic E-state index is 13.7. The SMILES string of the molecule is C#CCN1CCC[C@@H]1Cc1c[nH]c2c(F)c(F)c(F)cc12. The van der Waals surface area contributed by atoms with Crippen LogP contribution in [0.2, 0.25) is 0 Å². The molecule has 2 aromatic rings. The van der Waals surface area contributed by atoms with Crippen molar-refractivity contribution in [1.82, 2.24) is 9.88 Å². The molecule has 110 valence electrons. The van der Waals surface area contributed by atoms with Gasteiger partial charge in [0.15, 0.2) is 17.5 Å². The molecule has 0 bridgehead atoms. The Morgan fingerprint density at radius 3 is 2.90 bits per heavy atom. The van der Waals surface area contributed by atoms with Crippen LogP contribution in [0.4, 0.5) is 13.2 Å². The molecule has 1 fully saturated rings. The molecule has 1 saturated heterocycles. The molecule has 0 amide bonds. The number of halogens is 3. The van der Waals surface area contributed by atoms with Crippen molar-refractivity contribution in [3.05, 3.63) is 35.3 Å². The third-order valence-corrected chi connectivity index (χ3v) is 4.15.